The van der Waals surface area contributed by atoms with E-state index >= 15 is 0 Å². The largest absolute Gasteiger partial charge is 0.469 e. The molecule has 0 atom stereocenters. The first-order chi connectivity index (χ1) is 9.22. The van der Waals surface area contributed by atoms with Crippen molar-refractivity contribution in [2.75, 3.05) is 38.8 Å². The fraction of sp³-hybridized carbons (Fsp3) is 0.500. The number of hydrogen-bond donors (Lipinski definition) is 0. The Morgan fingerprint density at radius 2 is 2.26 bits per heavy atom. The number of carbonyl (C=O) groups is 1. The fourth-order valence-corrected chi connectivity index (χ4v) is 1.51. The van der Waals surface area contributed by atoms with Gasteiger partial charge in [0.05, 0.1) is 26.3 Å². The van der Waals surface area contributed by atoms with Crippen LogP contribution in [0.3, 0.4) is 0 Å². The summed E-state index contributed by atoms with van der Waals surface area (Å²) in [5.41, 5.74) is 0.364. The van der Waals surface area contributed by atoms with Gasteiger partial charge in [0.1, 0.15) is 23.8 Å². The van der Waals surface area contributed by atoms with Gasteiger partial charge in [-0.2, -0.15) is 5.26 Å². The van der Waals surface area contributed by atoms with Crippen molar-refractivity contribution in [3.8, 4) is 6.07 Å². The van der Waals surface area contributed by atoms with Crippen LogP contribution in [-0.4, -0.2) is 49.9 Å². The molecule has 0 fully saturated rings. The second-order valence-corrected chi connectivity index (χ2v) is 3.68. The fourth-order valence-electron chi connectivity index (χ4n) is 1.51. The number of hydrogen-bond acceptors (Lipinski definition) is 7. The highest BCUT2D eigenvalue weighted by Gasteiger charge is 2.14. The number of anilines is 1. The number of nitrogens with zero attached hydrogens (tertiary/aromatic N) is 4. The molecule has 7 nitrogen and oxygen atoms in total. The quantitative estimate of drug-likeness (QED) is 0.657. The maximum absolute atomic E-state index is 11.2. The van der Waals surface area contributed by atoms with Crippen LogP contribution in [0.5, 0.6) is 0 Å². The van der Waals surface area contributed by atoms with Crippen molar-refractivity contribution < 1.29 is 14.3 Å². The van der Waals surface area contributed by atoms with Gasteiger partial charge in [-0.1, -0.05) is 0 Å². The molecule has 0 radical (unpaired) electrons. The molecule has 0 amide bonds. The topological polar surface area (TPSA) is 88.3 Å². The average molecular weight is 264 g/mol. The zero-order valence-corrected chi connectivity index (χ0v) is 11.0. The molecule has 1 heterocycles. The van der Waals surface area contributed by atoms with Gasteiger partial charge >= 0.3 is 5.97 Å². The number of rotatable bonds is 7. The number of carbonyl (C=O) groups excluding carboxylic acids is 1. The van der Waals surface area contributed by atoms with Crippen molar-refractivity contribution in [1.82, 2.24) is 9.97 Å². The molecule has 19 heavy (non-hydrogen) atoms. The molecule has 0 aliphatic heterocycles. The third kappa shape index (κ3) is 4.52. The summed E-state index contributed by atoms with van der Waals surface area (Å²) in [5, 5.41) is 9.04. The van der Waals surface area contributed by atoms with Gasteiger partial charge in [-0.05, 0) is 0 Å². The van der Waals surface area contributed by atoms with E-state index in [9.17, 15) is 4.79 Å². The molecule has 0 aromatic carbocycles. The second kappa shape index (κ2) is 8.00. The van der Waals surface area contributed by atoms with Crippen molar-refractivity contribution in [1.29, 1.82) is 5.26 Å². The van der Waals surface area contributed by atoms with Crippen LogP contribution in [0.2, 0.25) is 0 Å². The van der Waals surface area contributed by atoms with Gasteiger partial charge in [0.25, 0.3) is 0 Å². The van der Waals surface area contributed by atoms with Gasteiger partial charge in [0.2, 0.25) is 0 Å². The van der Waals surface area contributed by atoms with Crippen LogP contribution in [0.4, 0.5) is 5.82 Å². The highest BCUT2D eigenvalue weighted by molar-refractivity contribution is 5.70. The van der Waals surface area contributed by atoms with E-state index in [2.05, 4.69) is 14.7 Å². The molecule has 0 saturated heterocycles. The molecule has 7 heteroatoms. The van der Waals surface area contributed by atoms with Crippen LogP contribution in [0.25, 0.3) is 0 Å². The van der Waals surface area contributed by atoms with Crippen LogP contribution in [-0.2, 0) is 14.3 Å². The lowest BCUT2D eigenvalue weighted by Crippen LogP contribution is -2.31. The highest BCUT2D eigenvalue weighted by Crippen LogP contribution is 2.15. The molecule has 1 aromatic heterocycles. The number of ether oxygens (including phenoxy) is 2. The monoisotopic (exact) mass is 264 g/mol. The van der Waals surface area contributed by atoms with Crippen LogP contribution in [0.1, 0.15) is 12.0 Å². The van der Waals surface area contributed by atoms with E-state index in [-0.39, 0.29) is 12.4 Å². The Morgan fingerprint density at radius 1 is 1.47 bits per heavy atom. The molecule has 0 bridgehead atoms. The predicted octanol–water partition coefficient (Wildman–Crippen LogP) is 0.364. The van der Waals surface area contributed by atoms with E-state index in [1.54, 1.807) is 12.0 Å². The number of esters is 1. The van der Waals surface area contributed by atoms with Crippen LogP contribution in [0, 0.1) is 11.3 Å². The molecular weight excluding hydrogens is 248 g/mol. The summed E-state index contributed by atoms with van der Waals surface area (Å²) in [7, 11) is 2.93. The van der Waals surface area contributed by atoms with Gasteiger partial charge in [-0.25, -0.2) is 9.97 Å². The molecule has 102 valence electrons. The zero-order valence-electron chi connectivity index (χ0n) is 11.0. The Labute approximate surface area is 111 Å². The van der Waals surface area contributed by atoms with E-state index in [4.69, 9.17) is 10.00 Å². The molecule has 0 spiro atoms. The highest BCUT2D eigenvalue weighted by atomic mass is 16.5. The van der Waals surface area contributed by atoms with Gasteiger partial charge in [-0.15, -0.1) is 0 Å². The van der Waals surface area contributed by atoms with Crippen molar-refractivity contribution in [2.24, 2.45) is 0 Å². The van der Waals surface area contributed by atoms with E-state index in [1.807, 2.05) is 6.07 Å². The summed E-state index contributed by atoms with van der Waals surface area (Å²) < 4.78 is 9.62. The normalized spacial score (nSPS) is 9.74. The van der Waals surface area contributed by atoms with Crippen LogP contribution < -0.4 is 4.90 Å². The summed E-state index contributed by atoms with van der Waals surface area (Å²) in [6.07, 6.45) is 3.03. The molecule has 0 saturated carbocycles. The molecule has 0 aliphatic carbocycles. The minimum absolute atomic E-state index is 0.217. The number of nitriles is 1. The smallest absolute Gasteiger partial charge is 0.307 e. The Bertz CT molecular complexity index is 459. The van der Waals surface area contributed by atoms with Gasteiger partial charge in [-0.3, -0.25) is 4.79 Å². The second-order valence-electron chi connectivity index (χ2n) is 3.68. The Morgan fingerprint density at radius 3 is 2.89 bits per heavy atom. The minimum Gasteiger partial charge on any atom is -0.469 e. The third-order valence-corrected chi connectivity index (χ3v) is 2.49. The molecule has 1 aromatic rings. The van der Waals surface area contributed by atoms with Crippen LogP contribution >= 0.6 is 0 Å². The summed E-state index contributed by atoms with van der Waals surface area (Å²) in [6.45, 7) is 1.40. The average Bonchev–Trinajstić information content (AvgIpc) is 2.47. The van der Waals surface area contributed by atoms with Gasteiger partial charge < -0.3 is 14.4 Å². The van der Waals surface area contributed by atoms with Gasteiger partial charge in [0.15, 0.2) is 0 Å². The molecular formula is C12H16N4O3. The first-order valence-corrected chi connectivity index (χ1v) is 5.73. The summed E-state index contributed by atoms with van der Waals surface area (Å²) in [6, 6.07) is 2.03. The Hall–Kier alpha value is -2.20. The Kier molecular flexibility index (Phi) is 6.26. The summed E-state index contributed by atoms with van der Waals surface area (Å²) in [4.78, 5) is 20.9. The van der Waals surface area contributed by atoms with E-state index in [1.165, 1.54) is 19.6 Å². The van der Waals surface area contributed by atoms with Crippen molar-refractivity contribution in [3.05, 3.63) is 18.1 Å². The standard InChI is InChI=1S/C12H16N4O3/c1-18-6-5-16(4-3-11(17)19-2)12-10(7-13)8-14-9-15-12/h8-9H,3-6H2,1-2H3. The van der Waals surface area contributed by atoms with Crippen LogP contribution in [0.15, 0.2) is 12.5 Å². The third-order valence-electron chi connectivity index (χ3n) is 2.49. The van der Waals surface area contributed by atoms with Crippen molar-refractivity contribution >= 4 is 11.8 Å². The maximum atomic E-state index is 11.2. The van der Waals surface area contributed by atoms with Gasteiger partial charge in [0, 0.05) is 20.2 Å². The summed E-state index contributed by atoms with van der Waals surface area (Å²) in [5.74, 6) is 0.188. The lowest BCUT2D eigenvalue weighted by atomic mass is 10.3. The minimum atomic E-state index is -0.310. The number of aromatic nitrogens is 2. The molecule has 0 unspecified atom stereocenters. The van der Waals surface area contributed by atoms with E-state index in [0.717, 1.165) is 0 Å². The van der Waals surface area contributed by atoms with Crippen molar-refractivity contribution in [3.63, 3.8) is 0 Å². The van der Waals surface area contributed by atoms with Crippen molar-refractivity contribution in [2.45, 2.75) is 6.42 Å². The molecule has 0 N–H and O–H groups in total. The lowest BCUT2D eigenvalue weighted by Gasteiger charge is -2.23. The summed E-state index contributed by atoms with van der Waals surface area (Å²) >= 11 is 0. The predicted molar refractivity (Wildman–Crippen MR) is 67.5 cm³/mol. The number of methoxy groups -OCH3 is 2. The van der Waals surface area contributed by atoms with E-state index in [0.29, 0.717) is 31.1 Å². The maximum Gasteiger partial charge on any atom is 0.307 e. The molecule has 0 aliphatic rings. The SMILES string of the molecule is COCCN(CCC(=O)OC)c1ncncc1C#N. The van der Waals surface area contributed by atoms with E-state index < -0.39 is 0 Å². The molecule has 1 rings (SSSR count). The zero-order chi connectivity index (χ0) is 14.1. The first-order valence-electron chi connectivity index (χ1n) is 5.73. The lowest BCUT2D eigenvalue weighted by molar-refractivity contribution is -0.140. The Balaban J connectivity index is 2.83. The first kappa shape index (κ1) is 14.9.